The highest BCUT2D eigenvalue weighted by Gasteiger charge is 2.43. The average molecular weight is 375 g/mol. The Bertz CT molecular complexity index is 585. The quantitative estimate of drug-likeness (QED) is 0.499. The number of esters is 1. The molecule has 0 unspecified atom stereocenters. The minimum atomic E-state index is -0.365. The fourth-order valence-electron chi connectivity index (χ4n) is 5.04. The molecule has 150 valence electrons. The molecule has 3 aliphatic carbocycles. The molecule has 3 aliphatic rings. The van der Waals surface area contributed by atoms with E-state index in [1.54, 1.807) is 0 Å². The SMILES string of the molecule is CCOC(=O)CCC=CC1=C[C@H]2C[C@@H](O)[C@@H](/C=C\[C@H](O)C3CCCC3)[C@H]2C1. The Hall–Kier alpha value is -1.39. The van der Waals surface area contributed by atoms with Gasteiger partial charge in [0.15, 0.2) is 0 Å². The first kappa shape index (κ1) is 20.3. The summed E-state index contributed by atoms with van der Waals surface area (Å²) in [5.74, 6) is 1.23. The maximum Gasteiger partial charge on any atom is 0.306 e. The number of aliphatic hydroxyl groups is 2. The third kappa shape index (κ3) is 5.32. The Morgan fingerprint density at radius 2 is 2.15 bits per heavy atom. The van der Waals surface area contributed by atoms with E-state index in [9.17, 15) is 15.0 Å². The van der Waals surface area contributed by atoms with Crippen LogP contribution >= 0.6 is 0 Å². The van der Waals surface area contributed by atoms with Gasteiger partial charge in [0, 0.05) is 12.3 Å². The van der Waals surface area contributed by atoms with E-state index in [0.717, 1.165) is 25.7 Å². The highest BCUT2D eigenvalue weighted by atomic mass is 16.5. The summed E-state index contributed by atoms with van der Waals surface area (Å²) in [5, 5.41) is 20.8. The summed E-state index contributed by atoms with van der Waals surface area (Å²) in [6.45, 7) is 2.26. The lowest BCUT2D eigenvalue weighted by atomic mass is 9.88. The normalized spacial score (nSPS) is 32.3. The molecular weight excluding hydrogens is 340 g/mol. The third-order valence-electron chi connectivity index (χ3n) is 6.47. The molecule has 2 N–H and O–H groups in total. The Kier molecular flexibility index (Phi) is 7.31. The molecule has 2 fully saturated rings. The predicted octanol–water partition coefficient (Wildman–Crippen LogP) is 3.94. The van der Waals surface area contributed by atoms with Crippen LogP contribution in [0.3, 0.4) is 0 Å². The number of carbonyl (C=O) groups is 1. The Balaban J connectivity index is 1.49. The molecule has 0 amide bonds. The van der Waals surface area contributed by atoms with Gasteiger partial charge in [-0.3, -0.25) is 4.79 Å². The molecule has 0 aromatic carbocycles. The van der Waals surface area contributed by atoms with Crippen molar-refractivity contribution in [3.05, 3.63) is 36.0 Å². The lowest BCUT2D eigenvalue weighted by Gasteiger charge is -2.19. The van der Waals surface area contributed by atoms with Crippen LogP contribution < -0.4 is 0 Å². The summed E-state index contributed by atoms with van der Waals surface area (Å²) in [5.41, 5.74) is 1.30. The van der Waals surface area contributed by atoms with Crippen molar-refractivity contribution in [2.75, 3.05) is 6.61 Å². The van der Waals surface area contributed by atoms with Crippen molar-refractivity contribution < 1.29 is 19.7 Å². The number of hydrogen-bond acceptors (Lipinski definition) is 4. The molecule has 0 bridgehead atoms. The maximum absolute atomic E-state index is 11.4. The van der Waals surface area contributed by atoms with Gasteiger partial charge in [-0.25, -0.2) is 0 Å². The summed E-state index contributed by atoms with van der Waals surface area (Å²) in [7, 11) is 0. The molecule has 0 heterocycles. The van der Waals surface area contributed by atoms with Crippen LogP contribution in [-0.4, -0.2) is 35.0 Å². The van der Waals surface area contributed by atoms with Crippen molar-refractivity contribution in [1.29, 1.82) is 0 Å². The number of hydrogen-bond donors (Lipinski definition) is 2. The summed E-state index contributed by atoms with van der Waals surface area (Å²) in [6.07, 6.45) is 17.4. The van der Waals surface area contributed by atoms with E-state index < -0.39 is 0 Å². The summed E-state index contributed by atoms with van der Waals surface area (Å²) >= 11 is 0. The second kappa shape index (κ2) is 9.70. The standard InChI is InChI=1S/C23H34O4/c1-2-27-23(26)10-6-3-7-16-13-18-15-22(25)19(20(18)14-16)11-12-21(24)17-8-4-5-9-17/h3,7,11-13,17-22,24-25H,2,4-6,8-10,14-15H2,1H3/b7-3?,12-11-/t18-,19-,20-,21-,22+/m0/s1. The largest absolute Gasteiger partial charge is 0.466 e. The molecule has 0 spiro atoms. The van der Waals surface area contributed by atoms with E-state index in [1.165, 1.54) is 18.4 Å². The van der Waals surface area contributed by atoms with Gasteiger partial charge in [-0.15, -0.1) is 0 Å². The molecule has 4 heteroatoms. The Labute approximate surface area is 163 Å². The fraction of sp³-hybridized carbons (Fsp3) is 0.696. The van der Waals surface area contributed by atoms with Gasteiger partial charge < -0.3 is 14.9 Å². The van der Waals surface area contributed by atoms with Gasteiger partial charge >= 0.3 is 5.97 Å². The molecule has 27 heavy (non-hydrogen) atoms. The molecule has 0 aromatic rings. The monoisotopic (exact) mass is 374 g/mol. The molecule has 2 saturated carbocycles. The number of ether oxygens (including phenoxy) is 1. The van der Waals surface area contributed by atoms with Crippen molar-refractivity contribution in [2.45, 2.75) is 70.5 Å². The Morgan fingerprint density at radius 1 is 1.37 bits per heavy atom. The van der Waals surface area contributed by atoms with E-state index in [-0.39, 0.29) is 24.1 Å². The second-order valence-corrected chi connectivity index (χ2v) is 8.32. The van der Waals surface area contributed by atoms with Crippen LogP contribution in [0.25, 0.3) is 0 Å². The number of allylic oxidation sites excluding steroid dienone is 4. The van der Waals surface area contributed by atoms with Gasteiger partial charge in [-0.05, 0) is 56.8 Å². The fourth-order valence-corrected chi connectivity index (χ4v) is 5.04. The van der Waals surface area contributed by atoms with E-state index in [0.29, 0.717) is 37.2 Å². The van der Waals surface area contributed by atoms with E-state index in [1.807, 2.05) is 13.0 Å². The molecule has 0 aromatic heterocycles. The zero-order valence-electron chi connectivity index (χ0n) is 16.4. The minimum Gasteiger partial charge on any atom is -0.466 e. The van der Waals surface area contributed by atoms with Gasteiger partial charge in [0.2, 0.25) is 0 Å². The van der Waals surface area contributed by atoms with E-state index in [4.69, 9.17) is 4.74 Å². The summed E-state index contributed by atoms with van der Waals surface area (Å²) < 4.78 is 4.94. The van der Waals surface area contributed by atoms with Gasteiger partial charge in [-0.2, -0.15) is 0 Å². The van der Waals surface area contributed by atoms with Crippen LogP contribution in [0.2, 0.25) is 0 Å². The highest BCUT2D eigenvalue weighted by molar-refractivity contribution is 5.69. The number of rotatable bonds is 8. The van der Waals surface area contributed by atoms with Crippen LogP contribution in [0.4, 0.5) is 0 Å². The van der Waals surface area contributed by atoms with Crippen molar-refractivity contribution in [3.8, 4) is 0 Å². The van der Waals surface area contributed by atoms with Crippen molar-refractivity contribution in [2.24, 2.45) is 23.7 Å². The molecule has 4 nitrogen and oxygen atoms in total. The molecule has 0 saturated heterocycles. The van der Waals surface area contributed by atoms with Crippen molar-refractivity contribution in [3.63, 3.8) is 0 Å². The first-order valence-corrected chi connectivity index (χ1v) is 10.7. The number of carbonyl (C=O) groups excluding carboxylic acids is 1. The van der Waals surface area contributed by atoms with Crippen LogP contribution in [-0.2, 0) is 9.53 Å². The van der Waals surface area contributed by atoms with E-state index in [2.05, 4.69) is 24.3 Å². The van der Waals surface area contributed by atoms with Gasteiger partial charge in [-0.1, -0.05) is 48.8 Å². The minimum absolute atomic E-state index is 0.132. The summed E-state index contributed by atoms with van der Waals surface area (Å²) in [6, 6.07) is 0. The second-order valence-electron chi connectivity index (χ2n) is 8.32. The van der Waals surface area contributed by atoms with Gasteiger partial charge in [0.25, 0.3) is 0 Å². The van der Waals surface area contributed by atoms with Crippen molar-refractivity contribution in [1.82, 2.24) is 0 Å². The first-order valence-electron chi connectivity index (χ1n) is 10.7. The summed E-state index contributed by atoms with van der Waals surface area (Å²) in [4.78, 5) is 11.4. The molecule has 0 radical (unpaired) electrons. The maximum atomic E-state index is 11.4. The average Bonchev–Trinajstić information content (AvgIpc) is 3.34. The molecule has 0 aliphatic heterocycles. The van der Waals surface area contributed by atoms with Crippen molar-refractivity contribution >= 4 is 5.97 Å². The zero-order chi connectivity index (χ0) is 19.2. The zero-order valence-corrected chi connectivity index (χ0v) is 16.4. The number of fused-ring (bicyclic) bond motifs is 1. The molecular formula is C23H34O4. The lowest BCUT2D eigenvalue weighted by Crippen LogP contribution is -2.19. The molecule has 3 rings (SSSR count). The topological polar surface area (TPSA) is 66.8 Å². The highest BCUT2D eigenvalue weighted by Crippen LogP contribution is 2.47. The van der Waals surface area contributed by atoms with Crippen LogP contribution in [0.5, 0.6) is 0 Å². The smallest absolute Gasteiger partial charge is 0.306 e. The third-order valence-corrected chi connectivity index (χ3v) is 6.47. The van der Waals surface area contributed by atoms with E-state index >= 15 is 0 Å². The first-order chi connectivity index (χ1) is 13.1. The Morgan fingerprint density at radius 3 is 2.89 bits per heavy atom. The van der Waals surface area contributed by atoms with Crippen LogP contribution in [0.1, 0.15) is 58.3 Å². The lowest BCUT2D eigenvalue weighted by molar-refractivity contribution is -0.143. The molecule has 5 atom stereocenters. The predicted molar refractivity (Wildman–Crippen MR) is 106 cm³/mol. The van der Waals surface area contributed by atoms with Crippen LogP contribution in [0, 0.1) is 23.7 Å². The van der Waals surface area contributed by atoms with Gasteiger partial charge in [0.1, 0.15) is 0 Å². The van der Waals surface area contributed by atoms with Crippen LogP contribution in [0.15, 0.2) is 36.0 Å². The number of aliphatic hydroxyl groups excluding tert-OH is 2. The van der Waals surface area contributed by atoms with Gasteiger partial charge in [0.05, 0.1) is 18.8 Å².